The van der Waals surface area contributed by atoms with Gasteiger partial charge in [0.15, 0.2) is 0 Å². The second-order valence-corrected chi connectivity index (χ2v) is 22.1. The van der Waals surface area contributed by atoms with Crippen molar-refractivity contribution >= 4 is 56.7 Å². The maximum absolute atomic E-state index is 15.3. The molecular weight excluding hydrogens is 1200 g/mol. The van der Waals surface area contributed by atoms with Gasteiger partial charge < -0.3 is 58.0 Å². The first kappa shape index (κ1) is 72.5. The van der Waals surface area contributed by atoms with E-state index < -0.39 is 70.2 Å². The lowest BCUT2D eigenvalue weighted by molar-refractivity contribution is -0.143. The lowest BCUT2D eigenvalue weighted by Gasteiger charge is -2.35. The summed E-state index contributed by atoms with van der Waals surface area (Å²) in [5.41, 5.74) is 3.32. The van der Waals surface area contributed by atoms with Gasteiger partial charge in [0, 0.05) is 87.0 Å². The number of pyridine rings is 2. The van der Waals surface area contributed by atoms with Gasteiger partial charge >= 0.3 is 11.9 Å². The summed E-state index contributed by atoms with van der Waals surface area (Å²) in [5.74, 6) is -7.09. The Morgan fingerprint density at radius 1 is 0.527 bits per heavy atom. The number of halogens is 4. The number of carbonyl (C=O) groups is 4. The first-order chi connectivity index (χ1) is 43.1. The van der Waals surface area contributed by atoms with Gasteiger partial charge in [-0.3, -0.25) is 19.2 Å². The van der Waals surface area contributed by atoms with Gasteiger partial charge in [-0.2, -0.15) is 0 Å². The molecule has 2 N–H and O–H groups in total. The number of amides is 2. The fourth-order valence-electron chi connectivity index (χ4n) is 11.6. The Hall–Kier alpha value is -9.54. The smallest absolute Gasteiger partial charge is 0.328 e. The first-order valence-corrected chi connectivity index (χ1v) is 29.1. The monoisotopic (exact) mass is 1290 g/mol. The normalized spacial score (nSPS) is 15.0. The van der Waals surface area contributed by atoms with Gasteiger partial charge in [0.1, 0.15) is 58.0 Å². The minimum Gasteiger partial charge on any atom is -0.496 e. The Labute approximate surface area is 538 Å². The van der Waals surface area contributed by atoms with E-state index in [-0.39, 0.29) is 58.3 Å². The molecule has 2 aliphatic rings. The van der Waals surface area contributed by atoms with Crippen LogP contribution in [0, 0.1) is 37.1 Å². The van der Waals surface area contributed by atoms with E-state index in [9.17, 15) is 28.8 Å². The third-order valence-corrected chi connectivity index (χ3v) is 16.6. The molecule has 8 aromatic rings. The molecule has 2 aromatic heterocycles. The number of methoxy groups -OCH3 is 4. The highest BCUT2D eigenvalue weighted by Crippen LogP contribution is 2.38. The molecule has 93 heavy (non-hydrogen) atoms. The van der Waals surface area contributed by atoms with Crippen molar-refractivity contribution in [2.45, 2.75) is 87.0 Å². The summed E-state index contributed by atoms with van der Waals surface area (Å²) in [6.45, 7) is 9.95. The summed E-state index contributed by atoms with van der Waals surface area (Å²) < 4.78 is 95.9. The van der Waals surface area contributed by atoms with Gasteiger partial charge in [-0.25, -0.2) is 27.2 Å². The van der Waals surface area contributed by atoms with Crippen LogP contribution in [0.4, 0.5) is 28.9 Å². The second kappa shape index (κ2) is 31.2. The highest BCUT2D eigenvalue weighted by Gasteiger charge is 2.32. The minimum absolute atomic E-state index is 0. The van der Waals surface area contributed by atoms with Crippen LogP contribution >= 0.6 is 0 Å². The minimum atomic E-state index is -1.27. The molecule has 6 aromatic carbocycles. The highest BCUT2D eigenvalue weighted by atomic mass is 19.1. The largest absolute Gasteiger partial charge is 0.496 e. The zero-order chi connectivity index (χ0) is 64.8. The van der Waals surface area contributed by atoms with E-state index in [4.69, 9.17) is 28.4 Å². The molecule has 22 heteroatoms. The molecule has 2 aliphatic heterocycles. The molecule has 496 valence electrons. The number of anilines is 2. The predicted molar refractivity (Wildman–Crippen MR) is 354 cm³/mol. The summed E-state index contributed by atoms with van der Waals surface area (Å²) in [7, 11) is 8.70. The Bertz CT molecular complexity index is 3900. The number of hydrogen-bond donors (Lipinski definition) is 2. The number of nitrogens with one attached hydrogen (secondary N) is 2. The molecule has 0 aliphatic carbocycles. The molecule has 2 amide bonds. The lowest BCUT2D eigenvalue weighted by atomic mass is 9.92. The molecule has 2 saturated heterocycles. The molecule has 18 nitrogen and oxygen atoms in total. The van der Waals surface area contributed by atoms with Crippen molar-refractivity contribution in [2.75, 3.05) is 77.8 Å². The fraction of sp³-hybridized carbons (Fsp3) is 0.352. The molecule has 10 rings (SSSR count). The quantitative estimate of drug-likeness (QED) is 0.0684. The number of carbonyl (C=O) groups excluding carboxylic acids is 4. The number of aromatic nitrogens is 2. The van der Waals surface area contributed by atoms with Gasteiger partial charge in [0.25, 0.3) is 22.9 Å². The molecule has 0 radical (unpaired) electrons. The van der Waals surface area contributed by atoms with E-state index in [0.717, 1.165) is 35.7 Å². The van der Waals surface area contributed by atoms with Gasteiger partial charge in [0.05, 0.1) is 66.0 Å². The van der Waals surface area contributed by atoms with Crippen LogP contribution in [-0.4, -0.2) is 125 Å². The van der Waals surface area contributed by atoms with Crippen LogP contribution in [0.15, 0.2) is 119 Å². The molecule has 4 atom stereocenters. The van der Waals surface area contributed by atoms with Crippen LogP contribution in [0.25, 0.3) is 43.8 Å². The molecule has 0 bridgehead atoms. The number of nitrogens with zero attached hydrogens (tertiary/aromatic N) is 4. The van der Waals surface area contributed by atoms with Crippen LogP contribution in [0.3, 0.4) is 0 Å². The summed E-state index contributed by atoms with van der Waals surface area (Å²) in [5, 5.41) is 7.81. The van der Waals surface area contributed by atoms with E-state index in [2.05, 4.69) is 10.6 Å². The summed E-state index contributed by atoms with van der Waals surface area (Å²) in [6, 6.07) is 26.9. The van der Waals surface area contributed by atoms with Crippen molar-refractivity contribution in [3.63, 3.8) is 0 Å². The number of aryl methyl sites for hydroxylation is 2. The van der Waals surface area contributed by atoms with Crippen molar-refractivity contribution in [3.05, 3.63) is 187 Å². The Morgan fingerprint density at radius 3 is 1.17 bits per heavy atom. The second-order valence-electron chi connectivity index (χ2n) is 22.1. The van der Waals surface area contributed by atoms with Crippen molar-refractivity contribution in [1.82, 2.24) is 19.8 Å². The zero-order valence-electron chi connectivity index (χ0n) is 51.6. The highest BCUT2D eigenvalue weighted by molar-refractivity contribution is 6.03. The summed E-state index contributed by atoms with van der Waals surface area (Å²) >= 11 is 0. The fourth-order valence-corrected chi connectivity index (χ4v) is 11.6. The van der Waals surface area contributed by atoms with Crippen LogP contribution in [0.5, 0.6) is 11.5 Å². The maximum Gasteiger partial charge on any atom is 0.328 e. The average molecular weight is 1290 g/mol. The van der Waals surface area contributed by atoms with Crippen LogP contribution in [0.1, 0.15) is 79.4 Å². The zero-order valence-corrected chi connectivity index (χ0v) is 51.6. The topological polar surface area (TPSA) is 198 Å². The standard InChI is InChI=1S/2C34H35F2N3O6.3CH4/c2*1-19-14-29(43-4)30(33(41)38(19)3)25-11-10-21(23-8-6-7-9-24(23)25)15-28(34(42)44-5)37-32(40)31-26(35)16-22(17-27(31)36)39-12-13-45-18-20(39)2;;;/h2*6-11,14,16-17,20,28H,12-13,15,18H2,1-5H3,(H,37,40);3*1H4/t2*20-,28-;;;/m00.../s1. The third-order valence-electron chi connectivity index (χ3n) is 16.6. The number of rotatable bonds is 16. The summed E-state index contributed by atoms with van der Waals surface area (Å²) in [4.78, 5) is 82.5. The maximum atomic E-state index is 15.3. The van der Waals surface area contributed by atoms with Crippen molar-refractivity contribution in [2.24, 2.45) is 14.1 Å². The van der Waals surface area contributed by atoms with Crippen molar-refractivity contribution < 1.29 is 65.2 Å². The number of benzene rings is 6. The Balaban J connectivity index is 0.000000286. The number of ether oxygens (including phenoxy) is 6. The summed E-state index contributed by atoms with van der Waals surface area (Å²) in [6.07, 6.45) is -0.0935. The van der Waals surface area contributed by atoms with Gasteiger partial charge in [0.2, 0.25) is 0 Å². The Kier molecular flexibility index (Phi) is 24.3. The number of hydrogen-bond acceptors (Lipinski definition) is 14. The predicted octanol–water partition coefficient (Wildman–Crippen LogP) is 11.0. The van der Waals surface area contributed by atoms with Crippen LogP contribution in [-0.2, 0) is 55.5 Å². The molecular formula is C71H82F4N6O12. The van der Waals surface area contributed by atoms with Gasteiger partial charge in [-0.15, -0.1) is 0 Å². The molecule has 4 heterocycles. The van der Waals surface area contributed by atoms with E-state index in [1.165, 1.54) is 37.6 Å². The van der Waals surface area contributed by atoms with Gasteiger partial charge in [-0.1, -0.05) is 95.1 Å². The Morgan fingerprint density at radius 2 is 0.860 bits per heavy atom. The first-order valence-electron chi connectivity index (χ1n) is 29.1. The van der Waals surface area contributed by atoms with E-state index in [0.29, 0.717) is 117 Å². The lowest BCUT2D eigenvalue weighted by Crippen LogP contribution is -2.44. The van der Waals surface area contributed by atoms with E-state index in [1.54, 1.807) is 50.5 Å². The van der Waals surface area contributed by atoms with Crippen LogP contribution in [0.2, 0.25) is 0 Å². The van der Waals surface area contributed by atoms with Crippen LogP contribution < -0.4 is 41.0 Å². The molecule has 0 saturated carbocycles. The van der Waals surface area contributed by atoms with E-state index >= 15 is 17.6 Å². The molecule has 2 fully saturated rings. The van der Waals surface area contributed by atoms with Crippen molar-refractivity contribution in [1.29, 1.82) is 0 Å². The average Bonchev–Trinajstić information content (AvgIpc) is 0.778. The third kappa shape index (κ3) is 15.0. The molecule has 0 unspecified atom stereocenters. The molecule has 0 spiro atoms. The van der Waals surface area contributed by atoms with E-state index in [1.807, 2.05) is 86.0 Å². The van der Waals surface area contributed by atoms with Gasteiger partial charge in [-0.05, 0) is 95.8 Å². The number of esters is 2. The number of fused-ring (bicyclic) bond motifs is 2. The van der Waals surface area contributed by atoms with Crippen molar-refractivity contribution in [3.8, 4) is 33.8 Å². The SMILES string of the molecule is C.C.C.COC(=O)[C@H](Cc1ccc(-c2c(OC)cc(C)n(C)c2=O)c2ccccc12)NC(=O)c1c(F)cc(N2CCOC[C@@H]2C)cc1F.COC(=O)[C@H](Cc1ccc(-c2c(OC)cc(C)n(C)c2=O)c2ccccc12)NC(=O)c1c(F)cc(N2CCOC[C@@H]2C)cc1F. The number of morpholine rings is 2.